The second kappa shape index (κ2) is 3.66. The number of hydrogen-bond donors (Lipinski definition) is 0. The lowest BCUT2D eigenvalue weighted by Gasteiger charge is -2.08. The van der Waals surface area contributed by atoms with Crippen LogP contribution in [0.25, 0.3) is 10.8 Å². The summed E-state index contributed by atoms with van der Waals surface area (Å²) in [4.78, 5) is 23.1. The topological polar surface area (TPSA) is 34.1 Å². The van der Waals surface area contributed by atoms with E-state index in [2.05, 4.69) is 0 Å². The summed E-state index contributed by atoms with van der Waals surface area (Å²) >= 11 is 0. The second-order valence-electron chi connectivity index (χ2n) is 4.48. The first-order valence-electron chi connectivity index (χ1n) is 5.58. The van der Waals surface area contributed by atoms with Gasteiger partial charge < -0.3 is 0 Å². The molecule has 0 saturated carbocycles. The molecule has 1 aliphatic rings. The highest BCUT2D eigenvalue weighted by atomic mass is 19.4. The van der Waals surface area contributed by atoms with Crippen molar-refractivity contribution in [2.24, 2.45) is 0 Å². The van der Waals surface area contributed by atoms with Crippen LogP contribution < -0.4 is 0 Å². The maximum atomic E-state index is 12.6. The van der Waals surface area contributed by atoms with Crippen molar-refractivity contribution in [3.8, 4) is 0 Å². The molecule has 0 radical (unpaired) electrons. The highest BCUT2D eigenvalue weighted by molar-refractivity contribution is 6.25. The fraction of sp³-hybridized carbons (Fsp3) is 0.143. The standard InChI is InChI=1S/C14H7F3O2/c15-14(16,17)9-2-1-7-4-10-11(5-8(7)3-9)13(19)6-12(10)18/h1-5H,6H2. The highest BCUT2D eigenvalue weighted by Crippen LogP contribution is 2.33. The number of alkyl halides is 3. The van der Waals surface area contributed by atoms with Gasteiger partial charge in [-0.2, -0.15) is 13.2 Å². The lowest BCUT2D eigenvalue weighted by atomic mass is 10.0. The number of Topliss-reactive ketones (excluding diaryl/α,β-unsaturated/α-hetero) is 2. The van der Waals surface area contributed by atoms with Gasteiger partial charge in [0.15, 0.2) is 11.6 Å². The lowest BCUT2D eigenvalue weighted by Crippen LogP contribution is -2.04. The van der Waals surface area contributed by atoms with Gasteiger partial charge in [-0.05, 0) is 35.0 Å². The molecule has 0 aromatic heterocycles. The monoisotopic (exact) mass is 264 g/mol. The average Bonchev–Trinajstić information content (AvgIpc) is 2.60. The Morgan fingerprint density at radius 2 is 1.42 bits per heavy atom. The molecule has 0 bridgehead atoms. The predicted octanol–water partition coefficient (Wildman–Crippen LogP) is 3.63. The van der Waals surface area contributed by atoms with Crippen molar-refractivity contribution < 1.29 is 22.8 Å². The molecule has 3 rings (SSSR count). The normalized spacial score (nSPS) is 15.1. The molecule has 0 spiro atoms. The summed E-state index contributed by atoms with van der Waals surface area (Å²) in [5, 5.41) is 0.839. The van der Waals surface area contributed by atoms with Gasteiger partial charge in [-0.15, -0.1) is 0 Å². The van der Waals surface area contributed by atoms with Crippen molar-refractivity contribution in [2.75, 3.05) is 0 Å². The van der Waals surface area contributed by atoms with Crippen molar-refractivity contribution >= 4 is 22.3 Å². The third-order valence-corrected chi connectivity index (χ3v) is 3.23. The smallest absolute Gasteiger partial charge is 0.294 e. The molecule has 0 atom stereocenters. The Kier molecular flexibility index (Phi) is 2.29. The number of fused-ring (bicyclic) bond motifs is 2. The molecular weight excluding hydrogens is 257 g/mol. The third-order valence-electron chi connectivity index (χ3n) is 3.23. The van der Waals surface area contributed by atoms with Gasteiger partial charge >= 0.3 is 6.18 Å². The van der Waals surface area contributed by atoms with E-state index in [1.807, 2.05) is 0 Å². The maximum Gasteiger partial charge on any atom is 0.416 e. The number of ketones is 2. The number of carbonyl (C=O) groups excluding carboxylic acids is 2. The Morgan fingerprint density at radius 1 is 0.842 bits per heavy atom. The highest BCUT2D eigenvalue weighted by Gasteiger charge is 2.31. The van der Waals surface area contributed by atoms with Gasteiger partial charge in [-0.1, -0.05) is 6.07 Å². The summed E-state index contributed by atoms with van der Waals surface area (Å²) in [6, 6.07) is 6.13. The zero-order valence-corrected chi connectivity index (χ0v) is 9.54. The largest absolute Gasteiger partial charge is 0.416 e. The number of hydrogen-bond acceptors (Lipinski definition) is 2. The van der Waals surface area contributed by atoms with E-state index in [1.165, 1.54) is 18.2 Å². The Balaban J connectivity index is 2.26. The van der Waals surface area contributed by atoms with E-state index in [0.29, 0.717) is 16.3 Å². The van der Waals surface area contributed by atoms with E-state index >= 15 is 0 Å². The van der Waals surface area contributed by atoms with Gasteiger partial charge in [0.25, 0.3) is 0 Å². The van der Waals surface area contributed by atoms with Crippen molar-refractivity contribution in [1.82, 2.24) is 0 Å². The fourth-order valence-electron chi connectivity index (χ4n) is 2.27. The van der Waals surface area contributed by atoms with Crippen LogP contribution in [0.15, 0.2) is 30.3 Å². The van der Waals surface area contributed by atoms with Crippen molar-refractivity contribution in [1.29, 1.82) is 0 Å². The molecule has 2 nitrogen and oxygen atoms in total. The summed E-state index contributed by atoms with van der Waals surface area (Å²) in [6.07, 6.45) is -4.62. The van der Waals surface area contributed by atoms with Crippen LogP contribution in [0.5, 0.6) is 0 Å². The first-order valence-corrected chi connectivity index (χ1v) is 5.58. The Labute approximate surface area is 105 Å². The van der Waals surface area contributed by atoms with Gasteiger partial charge in [0, 0.05) is 11.1 Å². The lowest BCUT2D eigenvalue weighted by molar-refractivity contribution is -0.137. The molecule has 96 valence electrons. The second-order valence-corrected chi connectivity index (χ2v) is 4.48. The van der Waals surface area contributed by atoms with Crippen LogP contribution in [0.1, 0.15) is 32.7 Å². The van der Waals surface area contributed by atoms with Crippen molar-refractivity contribution in [3.05, 3.63) is 47.0 Å². The average molecular weight is 264 g/mol. The van der Waals surface area contributed by atoms with Crippen LogP contribution in [0.2, 0.25) is 0 Å². The molecule has 0 heterocycles. The van der Waals surface area contributed by atoms with E-state index < -0.39 is 11.7 Å². The predicted molar refractivity (Wildman–Crippen MR) is 62.2 cm³/mol. The summed E-state index contributed by atoms with van der Waals surface area (Å²) in [7, 11) is 0. The molecule has 5 heteroatoms. The first-order chi connectivity index (χ1) is 8.86. The molecule has 2 aromatic carbocycles. The first kappa shape index (κ1) is 11.9. The molecule has 0 saturated heterocycles. The van der Waals surface area contributed by atoms with E-state index in [0.717, 1.165) is 12.1 Å². The van der Waals surface area contributed by atoms with E-state index in [1.54, 1.807) is 0 Å². The molecule has 0 aliphatic heterocycles. The molecule has 0 unspecified atom stereocenters. The molecule has 0 N–H and O–H groups in total. The third kappa shape index (κ3) is 1.82. The molecule has 0 fully saturated rings. The van der Waals surface area contributed by atoms with Gasteiger partial charge in [0.1, 0.15) is 0 Å². The number of rotatable bonds is 0. The summed E-state index contributed by atoms with van der Waals surface area (Å²) in [6.45, 7) is 0. The number of halogens is 3. The van der Waals surface area contributed by atoms with Crippen LogP contribution in [0, 0.1) is 0 Å². The molecular formula is C14H7F3O2. The summed E-state index contributed by atoms with van der Waals surface area (Å²) in [5.41, 5.74) is -0.245. The zero-order chi connectivity index (χ0) is 13.8. The van der Waals surface area contributed by atoms with Crippen LogP contribution >= 0.6 is 0 Å². The van der Waals surface area contributed by atoms with E-state index in [-0.39, 0.29) is 23.6 Å². The summed E-state index contributed by atoms with van der Waals surface area (Å²) in [5.74, 6) is -0.610. The van der Waals surface area contributed by atoms with Crippen LogP contribution in [0.4, 0.5) is 13.2 Å². The Morgan fingerprint density at radius 3 is 2.00 bits per heavy atom. The van der Waals surface area contributed by atoms with Crippen molar-refractivity contribution in [3.63, 3.8) is 0 Å². The van der Waals surface area contributed by atoms with Crippen LogP contribution in [-0.2, 0) is 6.18 Å². The minimum atomic E-state index is -4.42. The molecule has 19 heavy (non-hydrogen) atoms. The van der Waals surface area contributed by atoms with E-state index in [9.17, 15) is 22.8 Å². The number of carbonyl (C=O) groups is 2. The minimum Gasteiger partial charge on any atom is -0.294 e. The van der Waals surface area contributed by atoms with Gasteiger partial charge in [0.05, 0.1) is 12.0 Å². The van der Waals surface area contributed by atoms with Crippen molar-refractivity contribution in [2.45, 2.75) is 12.6 Å². The van der Waals surface area contributed by atoms with E-state index in [4.69, 9.17) is 0 Å². The SMILES string of the molecule is O=C1CC(=O)c2cc3cc(C(F)(F)F)ccc3cc21. The molecule has 1 aliphatic carbocycles. The summed E-state index contributed by atoms with van der Waals surface area (Å²) < 4.78 is 37.8. The number of benzene rings is 2. The van der Waals surface area contributed by atoms with Crippen LogP contribution in [0.3, 0.4) is 0 Å². The fourth-order valence-corrected chi connectivity index (χ4v) is 2.27. The minimum absolute atomic E-state index is 0.197. The molecule has 2 aromatic rings. The maximum absolute atomic E-state index is 12.6. The Hall–Kier alpha value is -2.17. The Bertz CT molecular complexity index is 729. The quantitative estimate of drug-likeness (QED) is 0.681. The van der Waals surface area contributed by atoms with Crippen LogP contribution in [-0.4, -0.2) is 11.6 Å². The van der Waals surface area contributed by atoms with Gasteiger partial charge in [0.2, 0.25) is 0 Å². The zero-order valence-electron chi connectivity index (χ0n) is 9.54. The van der Waals surface area contributed by atoms with Gasteiger partial charge in [-0.3, -0.25) is 9.59 Å². The van der Waals surface area contributed by atoms with Gasteiger partial charge in [-0.25, -0.2) is 0 Å². The molecule has 0 amide bonds.